The molecule has 29 heavy (non-hydrogen) atoms. The van der Waals surface area contributed by atoms with Crippen molar-refractivity contribution in [2.75, 3.05) is 18.5 Å². The maximum absolute atomic E-state index is 12.8. The lowest BCUT2D eigenvalue weighted by molar-refractivity contribution is 0.0870. The van der Waals surface area contributed by atoms with E-state index in [1.165, 1.54) is 5.56 Å². The molecule has 3 aromatic rings. The number of ketones is 1. The summed E-state index contributed by atoms with van der Waals surface area (Å²) in [5.74, 6) is 0.856. The lowest BCUT2D eigenvalue weighted by atomic mass is 9.86. The molecule has 2 aromatic heterocycles. The van der Waals surface area contributed by atoms with Gasteiger partial charge in [0.25, 0.3) is 0 Å². The molecule has 0 bridgehead atoms. The van der Waals surface area contributed by atoms with Crippen LogP contribution in [0.1, 0.15) is 56.2 Å². The Balaban J connectivity index is 1.74. The third-order valence-electron chi connectivity index (χ3n) is 4.69. The van der Waals surface area contributed by atoms with E-state index >= 15 is 0 Å². The predicted octanol–water partition coefficient (Wildman–Crippen LogP) is 4.29. The number of fused-ring (bicyclic) bond motifs is 1. The summed E-state index contributed by atoms with van der Waals surface area (Å²) in [5, 5.41) is 7.64. The summed E-state index contributed by atoms with van der Waals surface area (Å²) in [6.07, 6.45) is 2.14. The Labute approximate surface area is 172 Å². The van der Waals surface area contributed by atoms with Gasteiger partial charge in [-0.3, -0.25) is 4.79 Å². The van der Waals surface area contributed by atoms with E-state index < -0.39 is 0 Å². The number of aromatic nitrogens is 3. The number of rotatable bonds is 8. The zero-order chi connectivity index (χ0) is 21.0. The normalized spacial score (nSPS) is 11.9. The molecule has 6 nitrogen and oxygen atoms in total. The molecule has 0 aliphatic heterocycles. The molecule has 6 heteroatoms. The average Bonchev–Trinajstić information content (AvgIpc) is 3.13. The van der Waals surface area contributed by atoms with Gasteiger partial charge in [-0.05, 0) is 24.8 Å². The quantitative estimate of drug-likeness (QED) is 0.456. The molecule has 2 heterocycles. The Morgan fingerprint density at radius 1 is 1.17 bits per heavy atom. The fraction of sp³-hybridized carbons (Fsp3) is 0.435. The molecule has 0 saturated heterocycles. The van der Waals surface area contributed by atoms with Crippen LogP contribution in [0, 0.1) is 0 Å². The Morgan fingerprint density at radius 3 is 2.55 bits per heavy atom. The maximum Gasteiger partial charge on any atom is 0.168 e. The van der Waals surface area contributed by atoms with Crippen molar-refractivity contribution in [2.24, 2.45) is 0 Å². The Kier molecular flexibility index (Phi) is 6.33. The van der Waals surface area contributed by atoms with Gasteiger partial charge in [0.05, 0.1) is 31.0 Å². The molecule has 0 fully saturated rings. The minimum Gasteiger partial charge on any atom is -0.377 e. The monoisotopic (exact) mass is 394 g/mol. The summed E-state index contributed by atoms with van der Waals surface area (Å²) in [6.45, 7) is 11.8. The van der Waals surface area contributed by atoms with Crippen LogP contribution in [0.15, 0.2) is 42.6 Å². The Hall–Kier alpha value is -2.73. The standard InChI is InChI=1S/C23H30N4O2/c1-16(2)29-13-12-24-22-15-19(26-21-10-11-25-27(21)22)14-20(28)17-6-8-18(9-7-17)23(3,4)5/h6-11,15-16,24H,12-14H2,1-5H3. The highest BCUT2D eigenvalue weighted by Gasteiger charge is 2.15. The fourth-order valence-corrected chi connectivity index (χ4v) is 3.08. The van der Waals surface area contributed by atoms with Gasteiger partial charge in [0.1, 0.15) is 5.82 Å². The van der Waals surface area contributed by atoms with Crippen molar-refractivity contribution in [3.8, 4) is 0 Å². The van der Waals surface area contributed by atoms with Crippen molar-refractivity contribution < 1.29 is 9.53 Å². The zero-order valence-corrected chi connectivity index (χ0v) is 17.9. The van der Waals surface area contributed by atoms with Gasteiger partial charge in [-0.1, -0.05) is 45.0 Å². The molecule has 1 aromatic carbocycles. The van der Waals surface area contributed by atoms with Crippen molar-refractivity contribution in [3.63, 3.8) is 0 Å². The smallest absolute Gasteiger partial charge is 0.168 e. The largest absolute Gasteiger partial charge is 0.377 e. The van der Waals surface area contributed by atoms with Gasteiger partial charge in [0.15, 0.2) is 11.4 Å². The van der Waals surface area contributed by atoms with Crippen molar-refractivity contribution in [3.05, 3.63) is 59.4 Å². The van der Waals surface area contributed by atoms with E-state index in [0.717, 1.165) is 11.5 Å². The molecule has 0 aliphatic rings. The summed E-state index contributed by atoms with van der Waals surface area (Å²) < 4.78 is 7.32. The Morgan fingerprint density at radius 2 is 1.90 bits per heavy atom. The van der Waals surface area contributed by atoms with Crippen LogP contribution < -0.4 is 5.32 Å². The number of carbonyl (C=O) groups is 1. The zero-order valence-electron chi connectivity index (χ0n) is 17.9. The highest BCUT2D eigenvalue weighted by molar-refractivity contribution is 5.97. The van der Waals surface area contributed by atoms with Gasteiger partial charge in [-0.2, -0.15) is 9.61 Å². The van der Waals surface area contributed by atoms with E-state index in [4.69, 9.17) is 4.74 Å². The number of Topliss-reactive ketones (excluding diaryl/α,β-unsaturated/α-hetero) is 1. The molecule has 1 N–H and O–H groups in total. The van der Waals surface area contributed by atoms with Gasteiger partial charge < -0.3 is 10.1 Å². The van der Waals surface area contributed by atoms with E-state index in [0.29, 0.717) is 24.4 Å². The first-order valence-electron chi connectivity index (χ1n) is 10.1. The highest BCUT2D eigenvalue weighted by atomic mass is 16.5. The number of nitrogens with one attached hydrogen (secondary N) is 1. The van der Waals surface area contributed by atoms with Crippen LogP contribution in [0.5, 0.6) is 0 Å². The third kappa shape index (κ3) is 5.41. The second-order valence-corrected chi connectivity index (χ2v) is 8.51. The predicted molar refractivity (Wildman–Crippen MR) is 116 cm³/mol. The van der Waals surface area contributed by atoms with Gasteiger partial charge in [0.2, 0.25) is 0 Å². The number of ether oxygens (including phenoxy) is 1. The lowest BCUT2D eigenvalue weighted by Crippen LogP contribution is -2.16. The van der Waals surface area contributed by atoms with Gasteiger partial charge in [-0.15, -0.1) is 0 Å². The van der Waals surface area contributed by atoms with Crippen LogP contribution >= 0.6 is 0 Å². The summed E-state index contributed by atoms with van der Waals surface area (Å²) in [4.78, 5) is 17.4. The van der Waals surface area contributed by atoms with Crippen LogP contribution in [0.3, 0.4) is 0 Å². The van der Waals surface area contributed by atoms with Crippen LogP contribution in [0.25, 0.3) is 5.65 Å². The third-order valence-corrected chi connectivity index (χ3v) is 4.69. The van der Waals surface area contributed by atoms with E-state index in [1.54, 1.807) is 10.7 Å². The van der Waals surface area contributed by atoms with Crippen molar-refractivity contribution in [2.45, 2.75) is 52.6 Å². The molecule has 0 amide bonds. The first kappa shape index (κ1) is 21.0. The van der Waals surface area contributed by atoms with Crippen molar-refractivity contribution >= 4 is 17.2 Å². The number of anilines is 1. The number of hydrogen-bond acceptors (Lipinski definition) is 5. The lowest BCUT2D eigenvalue weighted by Gasteiger charge is -2.19. The summed E-state index contributed by atoms with van der Waals surface area (Å²) in [5.41, 5.74) is 3.41. The van der Waals surface area contributed by atoms with Crippen molar-refractivity contribution in [1.82, 2.24) is 14.6 Å². The van der Waals surface area contributed by atoms with Crippen LogP contribution in [-0.4, -0.2) is 39.6 Å². The molecular weight excluding hydrogens is 364 g/mol. The van der Waals surface area contributed by atoms with E-state index in [9.17, 15) is 4.79 Å². The van der Waals surface area contributed by atoms with E-state index in [-0.39, 0.29) is 23.7 Å². The first-order chi connectivity index (χ1) is 13.7. The molecule has 0 aliphatic carbocycles. The molecule has 0 unspecified atom stereocenters. The van der Waals surface area contributed by atoms with E-state index in [2.05, 4.69) is 36.2 Å². The fourth-order valence-electron chi connectivity index (χ4n) is 3.08. The number of carbonyl (C=O) groups excluding carboxylic acids is 1. The second-order valence-electron chi connectivity index (χ2n) is 8.51. The maximum atomic E-state index is 12.8. The molecule has 3 rings (SSSR count). The highest BCUT2D eigenvalue weighted by Crippen LogP contribution is 2.22. The molecule has 154 valence electrons. The number of benzene rings is 1. The summed E-state index contributed by atoms with van der Waals surface area (Å²) >= 11 is 0. The minimum atomic E-state index is 0.0518. The van der Waals surface area contributed by atoms with Crippen LogP contribution in [0.2, 0.25) is 0 Å². The number of hydrogen-bond donors (Lipinski definition) is 1. The van der Waals surface area contributed by atoms with Crippen molar-refractivity contribution in [1.29, 1.82) is 0 Å². The number of nitrogens with zero attached hydrogens (tertiary/aromatic N) is 3. The minimum absolute atomic E-state index is 0.0518. The average molecular weight is 395 g/mol. The SMILES string of the molecule is CC(C)OCCNc1cc(CC(=O)c2ccc(C(C)(C)C)cc2)nc2ccnn12. The van der Waals surface area contributed by atoms with E-state index in [1.807, 2.05) is 50.2 Å². The van der Waals surface area contributed by atoms with Crippen LogP contribution in [-0.2, 0) is 16.6 Å². The van der Waals surface area contributed by atoms with Crippen LogP contribution in [0.4, 0.5) is 5.82 Å². The van der Waals surface area contributed by atoms with Gasteiger partial charge in [0, 0.05) is 24.2 Å². The molecule has 0 radical (unpaired) electrons. The second kappa shape index (κ2) is 8.74. The summed E-state index contributed by atoms with van der Waals surface area (Å²) in [6, 6.07) is 11.6. The molecule has 0 atom stereocenters. The summed E-state index contributed by atoms with van der Waals surface area (Å²) in [7, 11) is 0. The first-order valence-corrected chi connectivity index (χ1v) is 10.1. The Bertz CT molecular complexity index is 969. The van der Waals surface area contributed by atoms with Gasteiger partial charge in [-0.25, -0.2) is 4.98 Å². The topological polar surface area (TPSA) is 68.5 Å². The molecule has 0 spiro atoms. The van der Waals surface area contributed by atoms with Gasteiger partial charge >= 0.3 is 0 Å². The molecular formula is C23H30N4O2. The molecule has 0 saturated carbocycles.